The van der Waals surface area contributed by atoms with E-state index >= 15 is 0 Å². The van der Waals surface area contributed by atoms with Crippen LogP contribution in [0.4, 0.5) is 0 Å². The highest BCUT2D eigenvalue weighted by Crippen LogP contribution is 2.01. The largest absolute Gasteiger partial charge is 0.462 e. The summed E-state index contributed by atoms with van der Waals surface area (Å²) in [6, 6.07) is 0. The number of carbonyl (C=O) groups is 2. The molecular weight excluding hydrogens is 320 g/mol. The van der Waals surface area contributed by atoms with E-state index in [0.29, 0.717) is 26.4 Å². The van der Waals surface area contributed by atoms with Gasteiger partial charge in [0.15, 0.2) is 0 Å². The minimum absolute atomic E-state index is 0.0619. The first-order valence-electron chi connectivity index (χ1n) is 7.54. The van der Waals surface area contributed by atoms with Gasteiger partial charge in [0.2, 0.25) is 0 Å². The van der Waals surface area contributed by atoms with E-state index < -0.39 is 11.9 Å². The number of methoxy groups -OCH3 is 4. The van der Waals surface area contributed by atoms with Crippen molar-refractivity contribution < 1.29 is 38.0 Å². The molecule has 0 fully saturated rings. The van der Waals surface area contributed by atoms with Crippen LogP contribution in [0.1, 0.15) is 0 Å². The van der Waals surface area contributed by atoms with Crippen molar-refractivity contribution in [1.82, 2.24) is 0 Å². The fraction of sp³-hybridized carbons (Fsp3) is 0.750. The van der Waals surface area contributed by atoms with Crippen molar-refractivity contribution in [3.63, 3.8) is 0 Å². The predicted molar refractivity (Wildman–Crippen MR) is 85.5 cm³/mol. The van der Waals surface area contributed by atoms with Gasteiger partial charge in [-0.3, -0.25) is 0 Å². The van der Waals surface area contributed by atoms with Gasteiger partial charge in [-0.2, -0.15) is 0 Å². The maximum atomic E-state index is 11.6. The smallest absolute Gasteiger partial charge is 0.331 e. The molecule has 0 bridgehead atoms. The van der Waals surface area contributed by atoms with Gasteiger partial charge < -0.3 is 28.4 Å². The zero-order valence-corrected chi connectivity index (χ0v) is 14.8. The number of esters is 2. The molecule has 0 aliphatic rings. The van der Waals surface area contributed by atoms with Gasteiger partial charge in [0, 0.05) is 52.4 Å². The third kappa shape index (κ3) is 12.0. The molecule has 0 amide bonds. The van der Waals surface area contributed by atoms with Crippen LogP contribution in [0.5, 0.6) is 0 Å². The molecule has 0 aromatic heterocycles. The van der Waals surface area contributed by atoms with E-state index in [0.717, 1.165) is 12.2 Å². The van der Waals surface area contributed by atoms with Crippen molar-refractivity contribution in [2.75, 3.05) is 68.1 Å². The van der Waals surface area contributed by atoms with Crippen LogP contribution in [0.3, 0.4) is 0 Å². The summed E-state index contributed by atoms with van der Waals surface area (Å²) in [5, 5.41) is 0. The summed E-state index contributed by atoms with van der Waals surface area (Å²) in [7, 11) is 6.23. The van der Waals surface area contributed by atoms with Crippen LogP contribution in [0.25, 0.3) is 0 Å². The van der Waals surface area contributed by atoms with Crippen LogP contribution in [-0.4, -0.2) is 80.0 Å². The van der Waals surface area contributed by atoms with Crippen molar-refractivity contribution in [2.45, 2.75) is 0 Å². The third-order valence-corrected chi connectivity index (χ3v) is 2.89. The molecule has 8 nitrogen and oxygen atoms in total. The highest BCUT2D eigenvalue weighted by molar-refractivity contribution is 5.91. The van der Waals surface area contributed by atoms with Crippen LogP contribution in [0.2, 0.25) is 0 Å². The second-order valence-corrected chi connectivity index (χ2v) is 5.15. The molecule has 0 aromatic rings. The van der Waals surface area contributed by atoms with Gasteiger partial charge in [0.25, 0.3) is 0 Å². The van der Waals surface area contributed by atoms with Crippen LogP contribution in [0.15, 0.2) is 12.2 Å². The van der Waals surface area contributed by atoms with E-state index in [9.17, 15) is 9.59 Å². The molecule has 0 spiro atoms. The molecule has 0 aliphatic carbocycles. The van der Waals surface area contributed by atoms with Gasteiger partial charge in [0.1, 0.15) is 0 Å². The molecule has 140 valence electrons. The van der Waals surface area contributed by atoms with Crippen molar-refractivity contribution >= 4 is 11.9 Å². The van der Waals surface area contributed by atoms with Gasteiger partial charge >= 0.3 is 11.9 Å². The first-order valence-corrected chi connectivity index (χ1v) is 7.54. The Labute approximate surface area is 143 Å². The highest BCUT2D eigenvalue weighted by Gasteiger charge is 2.12. The molecule has 0 N–H and O–H groups in total. The Balaban J connectivity index is 4.12. The predicted octanol–water partition coefficient (Wildman–Crippen LogP) is 0.447. The Morgan fingerprint density at radius 3 is 1.17 bits per heavy atom. The summed E-state index contributed by atoms with van der Waals surface area (Å²) >= 11 is 0. The molecule has 0 radical (unpaired) electrons. The lowest BCUT2D eigenvalue weighted by molar-refractivity contribution is -0.143. The van der Waals surface area contributed by atoms with E-state index in [1.165, 1.54) is 0 Å². The lowest BCUT2D eigenvalue weighted by Crippen LogP contribution is -2.22. The Morgan fingerprint density at radius 1 is 0.625 bits per heavy atom. The number of hydrogen-bond acceptors (Lipinski definition) is 8. The van der Waals surface area contributed by atoms with E-state index in [-0.39, 0.29) is 25.0 Å². The zero-order valence-electron chi connectivity index (χ0n) is 14.8. The van der Waals surface area contributed by atoms with Crippen LogP contribution >= 0.6 is 0 Å². The molecule has 8 heteroatoms. The van der Waals surface area contributed by atoms with Gasteiger partial charge in [-0.15, -0.1) is 0 Å². The molecular formula is C16H28O8. The average molecular weight is 348 g/mol. The molecule has 0 saturated heterocycles. The second-order valence-electron chi connectivity index (χ2n) is 5.15. The van der Waals surface area contributed by atoms with Gasteiger partial charge in [-0.05, 0) is 0 Å². The normalized spacial score (nSPS) is 11.4. The summed E-state index contributed by atoms with van der Waals surface area (Å²) < 4.78 is 30.0. The van der Waals surface area contributed by atoms with Crippen molar-refractivity contribution in [2.24, 2.45) is 11.8 Å². The fourth-order valence-corrected chi connectivity index (χ4v) is 1.86. The molecule has 0 unspecified atom stereocenters. The maximum absolute atomic E-state index is 11.6. The van der Waals surface area contributed by atoms with E-state index in [1.807, 2.05) is 0 Å². The zero-order chi connectivity index (χ0) is 18.2. The Kier molecular flexibility index (Phi) is 14.1. The Hall–Kier alpha value is -1.48. The number of ether oxygens (including phenoxy) is 6. The number of carbonyl (C=O) groups excluding carboxylic acids is 2. The van der Waals surface area contributed by atoms with Gasteiger partial charge in [-0.25, -0.2) is 9.59 Å². The van der Waals surface area contributed by atoms with Gasteiger partial charge in [0.05, 0.1) is 39.6 Å². The number of hydrogen-bond donors (Lipinski definition) is 0. The first kappa shape index (κ1) is 22.5. The summed E-state index contributed by atoms with van der Waals surface area (Å²) in [6.07, 6.45) is 2.06. The molecule has 0 heterocycles. The highest BCUT2D eigenvalue weighted by atomic mass is 16.5. The molecule has 0 atom stereocenters. The fourth-order valence-electron chi connectivity index (χ4n) is 1.86. The molecule has 0 rings (SSSR count). The van der Waals surface area contributed by atoms with E-state index in [1.54, 1.807) is 28.4 Å². The summed E-state index contributed by atoms with van der Waals surface area (Å²) in [5.74, 6) is -1.38. The van der Waals surface area contributed by atoms with Crippen molar-refractivity contribution in [3.05, 3.63) is 12.2 Å². The Morgan fingerprint density at radius 2 is 0.917 bits per heavy atom. The van der Waals surface area contributed by atoms with Crippen LogP contribution < -0.4 is 0 Å². The number of rotatable bonds is 14. The van der Waals surface area contributed by atoms with E-state index in [2.05, 4.69) is 0 Å². The lowest BCUT2D eigenvalue weighted by Gasteiger charge is -2.14. The summed E-state index contributed by atoms with van der Waals surface area (Å²) in [4.78, 5) is 23.1. The molecule has 0 saturated carbocycles. The van der Waals surface area contributed by atoms with Crippen LogP contribution in [0, 0.1) is 11.8 Å². The minimum atomic E-state index is -0.630. The van der Waals surface area contributed by atoms with Crippen molar-refractivity contribution in [3.8, 4) is 0 Å². The maximum Gasteiger partial charge on any atom is 0.331 e. The molecule has 0 aromatic carbocycles. The van der Waals surface area contributed by atoms with E-state index in [4.69, 9.17) is 28.4 Å². The SMILES string of the molecule is COCC(COC)COC(=O)/C=C\C(=O)OCC(COC)COC. The second kappa shape index (κ2) is 15.1. The molecule has 24 heavy (non-hydrogen) atoms. The first-order chi connectivity index (χ1) is 11.6. The summed E-state index contributed by atoms with van der Waals surface area (Å²) in [6.45, 7) is 1.92. The molecule has 0 aliphatic heterocycles. The van der Waals surface area contributed by atoms with Crippen LogP contribution in [-0.2, 0) is 38.0 Å². The van der Waals surface area contributed by atoms with Crippen molar-refractivity contribution in [1.29, 1.82) is 0 Å². The topological polar surface area (TPSA) is 89.5 Å². The Bertz CT molecular complexity index is 323. The minimum Gasteiger partial charge on any atom is -0.462 e. The monoisotopic (exact) mass is 348 g/mol. The average Bonchev–Trinajstić information content (AvgIpc) is 2.56. The van der Waals surface area contributed by atoms with Gasteiger partial charge in [-0.1, -0.05) is 0 Å². The quantitative estimate of drug-likeness (QED) is 0.330. The third-order valence-electron chi connectivity index (χ3n) is 2.89. The lowest BCUT2D eigenvalue weighted by atomic mass is 10.2. The standard InChI is InChI=1S/C16H28O8/c1-19-7-13(8-20-2)11-23-15(17)5-6-16(18)24-12-14(9-21-3)10-22-4/h5-6,13-14H,7-12H2,1-4H3/b6-5-. The summed E-state index contributed by atoms with van der Waals surface area (Å²) in [5.41, 5.74) is 0.